The van der Waals surface area contributed by atoms with E-state index in [4.69, 9.17) is 10.8 Å². The topological polar surface area (TPSA) is 66.6 Å². The van der Waals surface area contributed by atoms with Gasteiger partial charge < -0.3 is 10.8 Å². The van der Waals surface area contributed by atoms with Gasteiger partial charge in [0.25, 0.3) is 0 Å². The molecule has 1 saturated heterocycles. The Balaban J connectivity index is 1.95. The van der Waals surface area contributed by atoms with Gasteiger partial charge >= 0.3 is 5.97 Å². The first-order valence-corrected chi connectivity index (χ1v) is 5.25. The van der Waals surface area contributed by atoms with Gasteiger partial charge in [0.15, 0.2) is 0 Å². The zero-order valence-corrected chi connectivity index (χ0v) is 8.57. The molecule has 80 valence electrons. The molecule has 0 radical (unpaired) electrons. The summed E-state index contributed by atoms with van der Waals surface area (Å²) in [6, 6.07) is 0.599. The van der Waals surface area contributed by atoms with Gasteiger partial charge in [0, 0.05) is 19.1 Å². The van der Waals surface area contributed by atoms with Gasteiger partial charge in [-0.25, -0.2) is 0 Å². The van der Waals surface area contributed by atoms with Gasteiger partial charge in [0.2, 0.25) is 0 Å². The van der Waals surface area contributed by atoms with Crippen LogP contribution >= 0.6 is 0 Å². The molecule has 2 fully saturated rings. The summed E-state index contributed by atoms with van der Waals surface area (Å²) in [6.45, 7) is 3.13. The molecule has 1 unspecified atom stereocenters. The molecular formula is C10H18N2O2. The fraction of sp³-hybridized carbons (Fsp3) is 0.900. The van der Waals surface area contributed by atoms with Crippen molar-refractivity contribution in [3.05, 3.63) is 0 Å². The largest absolute Gasteiger partial charge is 0.480 e. The van der Waals surface area contributed by atoms with Crippen LogP contribution in [0.2, 0.25) is 0 Å². The number of rotatable bonds is 3. The fourth-order valence-electron chi connectivity index (χ4n) is 2.71. The van der Waals surface area contributed by atoms with E-state index in [-0.39, 0.29) is 0 Å². The summed E-state index contributed by atoms with van der Waals surface area (Å²) in [5.41, 5.74) is 4.64. The molecule has 14 heavy (non-hydrogen) atoms. The maximum Gasteiger partial charge on any atom is 0.324 e. The molecular weight excluding hydrogens is 180 g/mol. The van der Waals surface area contributed by atoms with Crippen molar-refractivity contribution >= 4 is 5.97 Å². The van der Waals surface area contributed by atoms with Gasteiger partial charge in [0.1, 0.15) is 5.54 Å². The Morgan fingerprint density at radius 2 is 2.36 bits per heavy atom. The third-order valence-electron chi connectivity index (χ3n) is 3.54. The maximum absolute atomic E-state index is 10.9. The Hall–Kier alpha value is -0.610. The maximum atomic E-state index is 10.9. The van der Waals surface area contributed by atoms with Gasteiger partial charge in [-0.05, 0) is 32.1 Å². The van der Waals surface area contributed by atoms with E-state index in [0.29, 0.717) is 12.6 Å². The first-order chi connectivity index (χ1) is 6.49. The van der Waals surface area contributed by atoms with E-state index in [1.807, 2.05) is 0 Å². The van der Waals surface area contributed by atoms with Crippen molar-refractivity contribution in [3.63, 3.8) is 0 Å². The van der Waals surface area contributed by atoms with Crippen molar-refractivity contribution in [2.24, 2.45) is 11.7 Å². The normalized spacial score (nSPS) is 35.9. The lowest BCUT2D eigenvalue weighted by Gasteiger charge is -2.32. The highest BCUT2D eigenvalue weighted by Gasteiger charge is 2.41. The highest BCUT2D eigenvalue weighted by Crippen LogP contribution is 2.37. The van der Waals surface area contributed by atoms with Crippen LogP contribution in [-0.2, 0) is 4.79 Å². The minimum atomic E-state index is -1.09. The molecule has 3 N–H and O–H groups in total. The number of fused-ring (bicyclic) bond motifs is 2. The molecule has 4 heteroatoms. The van der Waals surface area contributed by atoms with Gasteiger partial charge in [-0.1, -0.05) is 0 Å². The summed E-state index contributed by atoms with van der Waals surface area (Å²) in [4.78, 5) is 13.1. The summed E-state index contributed by atoms with van der Waals surface area (Å²) >= 11 is 0. The van der Waals surface area contributed by atoms with E-state index in [0.717, 1.165) is 12.5 Å². The SMILES string of the molecule is CC(N)(CN1C[C@@H]2CC[C@H]1C2)C(=O)O. The van der Waals surface area contributed by atoms with Crippen LogP contribution in [0.3, 0.4) is 0 Å². The van der Waals surface area contributed by atoms with Gasteiger partial charge in [-0.2, -0.15) is 0 Å². The molecule has 0 spiro atoms. The van der Waals surface area contributed by atoms with Crippen molar-refractivity contribution in [1.82, 2.24) is 4.90 Å². The molecule has 4 nitrogen and oxygen atoms in total. The van der Waals surface area contributed by atoms with E-state index in [1.165, 1.54) is 19.3 Å². The third kappa shape index (κ3) is 1.64. The van der Waals surface area contributed by atoms with Crippen LogP contribution < -0.4 is 5.73 Å². The van der Waals surface area contributed by atoms with Gasteiger partial charge in [0.05, 0.1) is 0 Å². The molecule has 0 amide bonds. The van der Waals surface area contributed by atoms with Crippen molar-refractivity contribution in [2.45, 2.75) is 37.8 Å². The highest BCUT2D eigenvalue weighted by atomic mass is 16.4. The standard InChI is InChI=1S/C10H18N2O2/c1-10(11,9(13)14)6-12-5-7-2-3-8(12)4-7/h7-8H,2-6,11H2,1H3,(H,13,14)/t7-,8+,10?/m1/s1. The third-order valence-corrected chi connectivity index (χ3v) is 3.54. The van der Waals surface area contributed by atoms with Crippen LogP contribution in [0, 0.1) is 5.92 Å². The summed E-state index contributed by atoms with van der Waals surface area (Å²) in [7, 11) is 0. The van der Waals surface area contributed by atoms with Crippen LogP contribution in [0.5, 0.6) is 0 Å². The lowest BCUT2D eigenvalue weighted by molar-refractivity contribution is -0.143. The Morgan fingerprint density at radius 1 is 1.64 bits per heavy atom. The Kier molecular flexibility index (Phi) is 2.27. The quantitative estimate of drug-likeness (QED) is 0.683. The Labute approximate surface area is 84.1 Å². The Bertz CT molecular complexity index is 253. The van der Waals surface area contributed by atoms with E-state index in [2.05, 4.69) is 4.90 Å². The number of carboxylic acid groups (broad SMARTS) is 1. The zero-order valence-electron chi connectivity index (χ0n) is 8.57. The van der Waals surface area contributed by atoms with Crippen molar-refractivity contribution in [2.75, 3.05) is 13.1 Å². The summed E-state index contributed by atoms with van der Waals surface area (Å²) < 4.78 is 0. The average Bonchev–Trinajstić information content (AvgIpc) is 2.63. The molecule has 1 aliphatic heterocycles. The van der Waals surface area contributed by atoms with E-state index in [1.54, 1.807) is 6.92 Å². The molecule has 1 heterocycles. The van der Waals surface area contributed by atoms with Crippen LogP contribution in [0.25, 0.3) is 0 Å². The lowest BCUT2D eigenvalue weighted by atomic mass is 10.0. The van der Waals surface area contributed by atoms with Crippen LogP contribution in [-0.4, -0.2) is 40.6 Å². The molecule has 2 bridgehead atoms. The first kappa shape index (κ1) is 9.93. The number of carbonyl (C=O) groups is 1. The van der Waals surface area contributed by atoms with E-state index < -0.39 is 11.5 Å². The number of piperidine rings is 1. The monoisotopic (exact) mass is 198 g/mol. The summed E-state index contributed by atoms with van der Waals surface area (Å²) in [6.07, 6.45) is 3.78. The average molecular weight is 198 g/mol. The molecule has 1 aliphatic carbocycles. The number of carboxylic acids is 1. The van der Waals surface area contributed by atoms with Gasteiger partial charge in [-0.3, -0.25) is 9.69 Å². The number of hydrogen-bond donors (Lipinski definition) is 2. The van der Waals surface area contributed by atoms with Crippen molar-refractivity contribution in [1.29, 1.82) is 0 Å². The molecule has 2 rings (SSSR count). The molecule has 0 aromatic heterocycles. The molecule has 2 aliphatic rings. The number of hydrogen-bond acceptors (Lipinski definition) is 3. The van der Waals surface area contributed by atoms with Crippen molar-refractivity contribution < 1.29 is 9.90 Å². The minimum absolute atomic E-state index is 0.490. The minimum Gasteiger partial charge on any atom is -0.480 e. The van der Waals surface area contributed by atoms with Crippen molar-refractivity contribution in [3.8, 4) is 0 Å². The summed E-state index contributed by atoms with van der Waals surface area (Å²) in [5, 5.41) is 8.92. The second-order valence-corrected chi connectivity index (χ2v) is 4.98. The number of likely N-dealkylation sites (tertiary alicyclic amines) is 1. The molecule has 3 atom stereocenters. The second-order valence-electron chi connectivity index (χ2n) is 4.98. The zero-order chi connectivity index (χ0) is 10.3. The highest BCUT2D eigenvalue weighted by molar-refractivity contribution is 5.78. The lowest BCUT2D eigenvalue weighted by Crippen LogP contribution is -2.55. The molecule has 0 aromatic carbocycles. The predicted octanol–water partition coefficient (Wildman–Crippen LogP) is 0.273. The van der Waals surface area contributed by atoms with E-state index in [9.17, 15) is 4.79 Å². The molecule has 0 aromatic rings. The van der Waals surface area contributed by atoms with Crippen LogP contribution in [0.4, 0.5) is 0 Å². The number of nitrogens with two attached hydrogens (primary N) is 1. The fourth-order valence-corrected chi connectivity index (χ4v) is 2.71. The van der Waals surface area contributed by atoms with Crippen LogP contribution in [0.15, 0.2) is 0 Å². The number of aliphatic carboxylic acids is 1. The van der Waals surface area contributed by atoms with Gasteiger partial charge in [-0.15, -0.1) is 0 Å². The second kappa shape index (κ2) is 3.21. The number of nitrogens with zero attached hydrogens (tertiary/aromatic N) is 1. The molecule has 1 saturated carbocycles. The summed E-state index contributed by atoms with van der Waals surface area (Å²) in [5.74, 6) is -0.107. The smallest absolute Gasteiger partial charge is 0.324 e. The van der Waals surface area contributed by atoms with E-state index >= 15 is 0 Å². The predicted molar refractivity (Wildman–Crippen MR) is 52.9 cm³/mol. The Morgan fingerprint density at radius 3 is 2.79 bits per heavy atom. The first-order valence-electron chi connectivity index (χ1n) is 5.25. The van der Waals surface area contributed by atoms with Crippen LogP contribution in [0.1, 0.15) is 26.2 Å².